The first kappa shape index (κ1) is 27.6. The van der Waals surface area contributed by atoms with Gasteiger partial charge in [0.2, 0.25) is 0 Å². The Balaban J connectivity index is 1.47. The molecule has 0 aliphatic heterocycles. The molecule has 0 atom stereocenters. The highest BCUT2D eigenvalue weighted by Gasteiger charge is 2.21. The van der Waals surface area contributed by atoms with Gasteiger partial charge in [-0.1, -0.05) is 72.8 Å². The first-order valence-corrected chi connectivity index (χ1v) is 15.0. The molecule has 0 saturated heterocycles. The Morgan fingerprint density at radius 3 is 1.57 bits per heavy atom. The zero-order valence-electron chi connectivity index (χ0n) is 24.9. The molecule has 47 heavy (non-hydrogen) atoms. The molecule has 0 bridgehead atoms. The molecule has 5 aromatic carbocycles. The third-order valence-corrected chi connectivity index (χ3v) is 8.20. The molecule has 7 heteroatoms. The van der Waals surface area contributed by atoms with Gasteiger partial charge in [-0.25, -0.2) is 15.0 Å². The van der Waals surface area contributed by atoms with Crippen molar-refractivity contribution in [3.05, 3.63) is 151 Å². The quantitative estimate of drug-likeness (QED) is 0.195. The normalized spacial score (nSPS) is 10.9. The fourth-order valence-electron chi connectivity index (χ4n) is 5.97. The second kappa shape index (κ2) is 11.5. The van der Waals surface area contributed by atoms with E-state index in [0.717, 1.165) is 55.3 Å². The van der Waals surface area contributed by atoms with E-state index < -0.39 is 0 Å². The molecule has 0 N–H and O–H groups in total. The fraction of sp³-hybridized carbons (Fsp3) is 0. The fourth-order valence-corrected chi connectivity index (χ4v) is 5.97. The molecule has 0 radical (unpaired) electrons. The van der Waals surface area contributed by atoms with Crippen molar-refractivity contribution >= 4 is 21.8 Å². The summed E-state index contributed by atoms with van der Waals surface area (Å²) in [5, 5.41) is 21.2. The van der Waals surface area contributed by atoms with Crippen LogP contribution < -0.4 is 0 Å². The van der Waals surface area contributed by atoms with E-state index in [4.69, 9.17) is 15.0 Å². The summed E-state index contributed by atoms with van der Waals surface area (Å²) < 4.78 is 2.16. The van der Waals surface area contributed by atoms with Crippen molar-refractivity contribution in [2.24, 2.45) is 0 Å². The maximum absolute atomic E-state index is 9.73. The van der Waals surface area contributed by atoms with E-state index in [-0.39, 0.29) is 0 Å². The maximum Gasteiger partial charge on any atom is 0.166 e. The number of rotatable bonds is 5. The van der Waals surface area contributed by atoms with Crippen LogP contribution in [0.5, 0.6) is 0 Å². The molecule has 0 aliphatic carbocycles. The summed E-state index contributed by atoms with van der Waals surface area (Å²) in [6.45, 7) is 0. The molecule has 8 rings (SSSR count). The number of hydrogen-bond acceptors (Lipinski definition) is 6. The van der Waals surface area contributed by atoms with Crippen molar-refractivity contribution in [2.45, 2.75) is 0 Å². The van der Waals surface area contributed by atoms with E-state index in [1.54, 1.807) is 6.20 Å². The first-order chi connectivity index (χ1) is 23.2. The van der Waals surface area contributed by atoms with Gasteiger partial charge >= 0.3 is 0 Å². The SMILES string of the molecule is N#Cc1ccc2c(c1)c1cc(C#N)ccc1n2-c1ccc(-c2cccnc2)cc1-c1nc(-c2ccccc2)nc(-c2ccccc2)n1. The van der Waals surface area contributed by atoms with E-state index >= 15 is 0 Å². The maximum atomic E-state index is 9.73. The predicted molar refractivity (Wildman–Crippen MR) is 183 cm³/mol. The molecule has 0 aliphatic rings. The minimum absolute atomic E-state index is 0.510. The lowest BCUT2D eigenvalue weighted by molar-refractivity contribution is 1.06. The van der Waals surface area contributed by atoms with E-state index in [1.165, 1.54) is 0 Å². The first-order valence-electron chi connectivity index (χ1n) is 15.0. The lowest BCUT2D eigenvalue weighted by atomic mass is 10.0. The monoisotopic (exact) mass is 601 g/mol. The van der Waals surface area contributed by atoms with Crippen molar-refractivity contribution in [3.63, 3.8) is 0 Å². The third kappa shape index (κ3) is 4.95. The van der Waals surface area contributed by atoms with Gasteiger partial charge < -0.3 is 4.57 Å². The molecule has 0 spiro atoms. The Bertz CT molecular complexity index is 2400. The van der Waals surface area contributed by atoms with Crippen LogP contribution in [0, 0.1) is 22.7 Å². The lowest BCUT2D eigenvalue weighted by Gasteiger charge is -2.16. The number of nitrogens with zero attached hydrogens (tertiary/aromatic N) is 7. The predicted octanol–water partition coefficient (Wildman–Crippen LogP) is 8.78. The Morgan fingerprint density at radius 2 is 1.04 bits per heavy atom. The smallest absolute Gasteiger partial charge is 0.166 e. The summed E-state index contributed by atoms with van der Waals surface area (Å²) >= 11 is 0. The number of aromatic nitrogens is 5. The molecule has 3 heterocycles. The summed E-state index contributed by atoms with van der Waals surface area (Å²) in [7, 11) is 0. The van der Waals surface area contributed by atoms with Gasteiger partial charge in [0.1, 0.15) is 0 Å². The number of benzene rings is 5. The summed E-state index contributed by atoms with van der Waals surface area (Å²) in [5.41, 5.74) is 8.18. The zero-order chi connectivity index (χ0) is 31.7. The van der Waals surface area contributed by atoms with Gasteiger partial charge in [0.25, 0.3) is 0 Å². The van der Waals surface area contributed by atoms with Crippen LogP contribution in [0.25, 0.3) is 72.8 Å². The minimum atomic E-state index is 0.510. The average molecular weight is 602 g/mol. The van der Waals surface area contributed by atoms with E-state index in [2.05, 4.69) is 39.9 Å². The molecule has 218 valence electrons. The van der Waals surface area contributed by atoms with Crippen molar-refractivity contribution in [2.75, 3.05) is 0 Å². The van der Waals surface area contributed by atoms with Crippen molar-refractivity contribution in [3.8, 4) is 63.1 Å². The number of pyridine rings is 1. The van der Waals surface area contributed by atoms with Crippen LogP contribution in [0.4, 0.5) is 0 Å². The summed E-state index contributed by atoms with van der Waals surface area (Å²) in [6.07, 6.45) is 3.59. The van der Waals surface area contributed by atoms with Gasteiger partial charge in [-0.05, 0) is 60.2 Å². The van der Waals surface area contributed by atoms with E-state index in [1.807, 2.05) is 115 Å². The molecule has 0 amide bonds. The lowest BCUT2D eigenvalue weighted by Crippen LogP contribution is -2.04. The van der Waals surface area contributed by atoms with Gasteiger partial charge in [0.05, 0.1) is 40.0 Å². The summed E-state index contributed by atoms with van der Waals surface area (Å²) in [5.74, 6) is 1.63. The van der Waals surface area contributed by atoms with E-state index in [9.17, 15) is 10.5 Å². The van der Waals surface area contributed by atoms with Gasteiger partial charge in [-0.3, -0.25) is 4.98 Å². The van der Waals surface area contributed by atoms with Crippen molar-refractivity contribution in [1.82, 2.24) is 24.5 Å². The molecular formula is C40H23N7. The topological polar surface area (TPSA) is 104 Å². The van der Waals surface area contributed by atoms with Crippen molar-refractivity contribution in [1.29, 1.82) is 10.5 Å². The second-order valence-corrected chi connectivity index (χ2v) is 11.0. The molecule has 7 nitrogen and oxygen atoms in total. The molecular weight excluding hydrogens is 578 g/mol. The Labute approximate surface area is 270 Å². The molecule has 0 fully saturated rings. The van der Waals surface area contributed by atoms with Gasteiger partial charge in [0, 0.05) is 45.4 Å². The number of fused-ring (bicyclic) bond motifs is 3. The summed E-state index contributed by atoms with van der Waals surface area (Å²) in [4.78, 5) is 19.4. The standard InChI is InChI=1S/C40H23N7/c41-23-26-13-16-35-32(20-26)33-21-27(24-42)14-17-36(33)47(35)37-18-15-30(31-12-7-19-43-25-31)22-34(37)40-45-38(28-8-3-1-4-9-28)44-39(46-40)29-10-5-2-6-11-29/h1-22,25H. The Hall–Kier alpha value is -6.96. The highest BCUT2D eigenvalue weighted by molar-refractivity contribution is 6.10. The zero-order valence-corrected chi connectivity index (χ0v) is 24.9. The molecule has 0 saturated carbocycles. The highest BCUT2D eigenvalue weighted by Crippen LogP contribution is 2.38. The Morgan fingerprint density at radius 1 is 0.489 bits per heavy atom. The van der Waals surface area contributed by atoms with Gasteiger partial charge in [-0.15, -0.1) is 0 Å². The number of nitriles is 2. The largest absolute Gasteiger partial charge is 0.308 e. The third-order valence-electron chi connectivity index (χ3n) is 8.20. The van der Waals surface area contributed by atoms with Crippen molar-refractivity contribution < 1.29 is 0 Å². The highest BCUT2D eigenvalue weighted by atomic mass is 15.1. The molecule has 0 unspecified atom stereocenters. The Kier molecular flexibility index (Phi) is 6.76. The second-order valence-electron chi connectivity index (χ2n) is 11.0. The van der Waals surface area contributed by atoms with Gasteiger partial charge in [-0.2, -0.15) is 10.5 Å². The van der Waals surface area contributed by atoms with Gasteiger partial charge in [0.15, 0.2) is 17.5 Å². The number of hydrogen-bond donors (Lipinski definition) is 0. The van der Waals surface area contributed by atoms with Crippen LogP contribution in [-0.4, -0.2) is 24.5 Å². The van der Waals surface area contributed by atoms with Crippen LogP contribution in [0.1, 0.15) is 11.1 Å². The van der Waals surface area contributed by atoms with Crippen LogP contribution >= 0.6 is 0 Å². The average Bonchev–Trinajstić information content (AvgIpc) is 3.48. The molecule has 8 aromatic rings. The van der Waals surface area contributed by atoms with E-state index in [0.29, 0.717) is 28.6 Å². The van der Waals surface area contributed by atoms with Crippen LogP contribution in [0.3, 0.4) is 0 Å². The molecule has 3 aromatic heterocycles. The van der Waals surface area contributed by atoms with Crippen LogP contribution in [0.15, 0.2) is 140 Å². The van der Waals surface area contributed by atoms with Crippen LogP contribution in [-0.2, 0) is 0 Å². The minimum Gasteiger partial charge on any atom is -0.308 e. The van der Waals surface area contributed by atoms with Crippen LogP contribution in [0.2, 0.25) is 0 Å². The summed E-state index contributed by atoms with van der Waals surface area (Å²) in [6, 6.07) is 45.8.